The van der Waals surface area contributed by atoms with E-state index in [0.717, 1.165) is 24.0 Å². The SMILES string of the molecule is C=CC(=O)Nc1cccc(C)c1NC1=CC2C(=O)C=C(/C(CCl)=C(Cl)/C(=C\C(=C)CCC)OC)OC2C=N1. The lowest BCUT2D eigenvalue weighted by Gasteiger charge is -2.30. The average molecular weight is 556 g/mol. The zero-order valence-electron chi connectivity index (χ0n) is 21.6. The number of carbonyl (C=O) groups excluding carboxylic acids is 2. The van der Waals surface area contributed by atoms with Gasteiger partial charge >= 0.3 is 0 Å². The van der Waals surface area contributed by atoms with Crippen molar-refractivity contribution in [3.05, 3.63) is 94.7 Å². The zero-order chi connectivity index (χ0) is 27.8. The van der Waals surface area contributed by atoms with Gasteiger partial charge in [-0.15, -0.1) is 11.6 Å². The van der Waals surface area contributed by atoms with Crippen LogP contribution in [0.4, 0.5) is 11.4 Å². The van der Waals surface area contributed by atoms with E-state index in [1.165, 1.54) is 19.3 Å². The highest BCUT2D eigenvalue weighted by molar-refractivity contribution is 6.33. The number of nitrogens with one attached hydrogen (secondary N) is 2. The highest BCUT2D eigenvalue weighted by Crippen LogP contribution is 2.35. The van der Waals surface area contributed by atoms with Crippen LogP contribution in [0.3, 0.4) is 0 Å². The summed E-state index contributed by atoms with van der Waals surface area (Å²) in [6.07, 6.45) is 8.69. The number of alkyl halides is 1. The second-order valence-electron chi connectivity index (χ2n) is 8.71. The van der Waals surface area contributed by atoms with E-state index in [1.807, 2.05) is 19.1 Å². The first-order chi connectivity index (χ1) is 18.2. The van der Waals surface area contributed by atoms with E-state index in [4.69, 9.17) is 32.7 Å². The summed E-state index contributed by atoms with van der Waals surface area (Å²) in [4.78, 5) is 29.5. The number of aliphatic imine (C=N–C) groups is 1. The third kappa shape index (κ3) is 6.85. The Balaban J connectivity index is 1.88. The molecule has 2 atom stereocenters. The van der Waals surface area contributed by atoms with Crippen molar-refractivity contribution >= 4 is 52.5 Å². The number of allylic oxidation sites excluding steroid dienone is 5. The number of ketones is 1. The van der Waals surface area contributed by atoms with Crippen molar-refractivity contribution in [2.45, 2.75) is 32.8 Å². The molecule has 38 heavy (non-hydrogen) atoms. The number of aryl methyl sites for hydroxylation is 1. The minimum atomic E-state index is -0.641. The van der Waals surface area contributed by atoms with Crippen LogP contribution in [0.2, 0.25) is 0 Å². The van der Waals surface area contributed by atoms with Gasteiger partial charge in [0.15, 0.2) is 5.78 Å². The Labute approximate surface area is 233 Å². The van der Waals surface area contributed by atoms with Crippen molar-refractivity contribution in [2.75, 3.05) is 23.6 Å². The van der Waals surface area contributed by atoms with Gasteiger partial charge in [0.25, 0.3) is 0 Å². The van der Waals surface area contributed by atoms with Crippen LogP contribution in [0.15, 0.2) is 94.2 Å². The molecule has 0 aromatic heterocycles. The number of halogens is 2. The molecule has 1 aromatic carbocycles. The van der Waals surface area contributed by atoms with Crippen molar-refractivity contribution in [3.63, 3.8) is 0 Å². The van der Waals surface area contributed by atoms with Gasteiger partial charge in [0.05, 0.1) is 35.3 Å². The minimum absolute atomic E-state index is 0.00254. The summed E-state index contributed by atoms with van der Waals surface area (Å²) in [7, 11) is 1.51. The molecule has 2 unspecified atom stereocenters. The van der Waals surface area contributed by atoms with Gasteiger partial charge in [-0.2, -0.15) is 0 Å². The quantitative estimate of drug-likeness (QED) is 0.140. The number of fused-ring (bicyclic) bond motifs is 1. The third-order valence-corrected chi connectivity index (χ3v) is 6.61. The first-order valence-electron chi connectivity index (χ1n) is 12.1. The largest absolute Gasteiger partial charge is 0.495 e. The van der Waals surface area contributed by atoms with E-state index in [-0.39, 0.29) is 28.4 Å². The monoisotopic (exact) mass is 555 g/mol. The molecule has 0 aliphatic carbocycles. The second-order valence-corrected chi connectivity index (χ2v) is 9.36. The number of hydrogen-bond acceptors (Lipinski definition) is 6. The molecule has 2 N–H and O–H groups in total. The van der Waals surface area contributed by atoms with E-state index >= 15 is 0 Å². The summed E-state index contributed by atoms with van der Waals surface area (Å²) in [5.41, 5.74) is 3.40. The fraction of sp³-hybridized carbons (Fsp3) is 0.276. The molecule has 9 heteroatoms. The highest BCUT2D eigenvalue weighted by atomic mass is 35.5. The van der Waals surface area contributed by atoms with Gasteiger partial charge in [-0.3, -0.25) is 9.59 Å². The van der Waals surface area contributed by atoms with Crippen LogP contribution in [-0.4, -0.2) is 37.0 Å². The summed E-state index contributed by atoms with van der Waals surface area (Å²) in [5, 5.41) is 6.24. The number of rotatable bonds is 11. The van der Waals surface area contributed by atoms with Crippen molar-refractivity contribution in [1.82, 2.24) is 0 Å². The number of carbonyl (C=O) groups is 2. The first-order valence-corrected chi connectivity index (χ1v) is 13.0. The summed E-state index contributed by atoms with van der Waals surface area (Å²) in [6, 6.07) is 5.49. The number of methoxy groups -OCH3 is 1. The van der Waals surface area contributed by atoms with Gasteiger partial charge in [-0.25, -0.2) is 4.99 Å². The Bertz CT molecular complexity index is 1290. The van der Waals surface area contributed by atoms with Crippen LogP contribution in [0.5, 0.6) is 0 Å². The molecular weight excluding hydrogens is 525 g/mol. The topological polar surface area (TPSA) is 89.0 Å². The van der Waals surface area contributed by atoms with Crippen molar-refractivity contribution in [2.24, 2.45) is 10.9 Å². The molecule has 1 amide bonds. The van der Waals surface area contributed by atoms with Gasteiger partial charge in [0, 0.05) is 17.9 Å². The van der Waals surface area contributed by atoms with E-state index in [2.05, 4.69) is 35.7 Å². The summed E-state index contributed by atoms with van der Waals surface area (Å²) < 4.78 is 11.6. The van der Waals surface area contributed by atoms with Crippen LogP contribution in [-0.2, 0) is 19.1 Å². The number of anilines is 2. The lowest BCUT2D eigenvalue weighted by atomic mass is 9.92. The maximum atomic E-state index is 13.2. The van der Waals surface area contributed by atoms with Crippen molar-refractivity contribution in [1.29, 1.82) is 0 Å². The van der Waals surface area contributed by atoms with Gasteiger partial charge in [-0.1, -0.05) is 55.8 Å². The zero-order valence-corrected chi connectivity index (χ0v) is 23.2. The fourth-order valence-corrected chi connectivity index (χ4v) is 4.59. The van der Waals surface area contributed by atoms with Gasteiger partial charge in [0.1, 0.15) is 23.4 Å². The molecule has 2 heterocycles. The fourth-order valence-electron chi connectivity index (χ4n) is 3.96. The minimum Gasteiger partial charge on any atom is -0.495 e. The number of amides is 1. The van der Waals surface area contributed by atoms with Gasteiger partial charge in [-0.05, 0) is 43.2 Å². The number of ether oxygens (including phenoxy) is 2. The summed E-state index contributed by atoms with van der Waals surface area (Å²) in [5.74, 6) is -0.0121. The summed E-state index contributed by atoms with van der Waals surface area (Å²) >= 11 is 12.9. The predicted octanol–water partition coefficient (Wildman–Crippen LogP) is 6.54. The molecule has 7 nitrogen and oxygen atoms in total. The van der Waals surface area contributed by atoms with Crippen molar-refractivity contribution < 1.29 is 19.1 Å². The Hall–Kier alpha value is -3.55. The van der Waals surface area contributed by atoms with Gasteiger partial charge in [0.2, 0.25) is 5.91 Å². The van der Waals surface area contributed by atoms with E-state index in [9.17, 15) is 9.59 Å². The number of benzene rings is 1. The van der Waals surface area contributed by atoms with E-state index < -0.39 is 12.0 Å². The molecule has 200 valence electrons. The average Bonchev–Trinajstić information content (AvgIpc) is 2.90. The third-order valence-electron chi connectivity index (χ3n) is 5.92. The molecule has 0 fully saturated rings. The van der Waals surface area contributed by atoms with Crippen LogP contribution in [0, 0.1) is 12.8 Å². The van der Waals surface area contributed by atoms with Crippen LogP contribution >= 0.6 is 23.2 Å². The van der Waals surface area contributed by atoms with Crippen LogP contribution in [0.1, 0.15) is 25.3 Å². The Morgan fingerprint density at radius 2 is 2.11 bits per heavy atom. The smallest absolute Gasteiger partial charge is 0.247 e. The molecule has 0 radical (unpaired) electrons. The lowest BCUT2D eigenvalue weighted by molar-refractivity contribution is -0.120. The number of para-hydroxylation sites is 1. The van der Waals surface area contributed by atoms with E-state index in [1.54, 1.807) is 24.4 Å². The Kier molecular flexibility index (Phi) is 10.2. The highest BCUT2D eigenvalue weighted by Gasteiger charge is 2.35. The first kappa shape index (κ1) is 29.0. The van der Waals surface area contributed by atoms with Gasteiger partial charge < -0.3 is 20.1 Å². The van der Waals surface area contributed by atoms with Crippen molar-refractivity contribution in [3.8, 4) is 0 Å². The molecule has 0 saturated carbocycles. The molecule has 2 aliphatic heterocycles. The second kappa shape index (κ2) is 13.3. The molecular formula is C29H31Cl2N3O4. The molecule has 1 aromatic rings. The molecule has 0 bridgehead atoms. The molecule has 2 aliphatic rings. The molecule has 0 spiro atoms. The lowest BCUT2D eigenvalue weighted by Crippen LogP contribution is -2.36. The molecule has 0 saturated heterocycles. The molecule has 3 rings (SSSR count). The van der Waals surface area contributed by atoms with Crippen LogP contribution in [0.25, 0.3) is 0 Å². The Morgan fingerprint density at radius 1 is 1.34 bits per heavy atom. The predicted molar refractivity (Wildman–Crippen MR) is 154 cm³/mol. The summed E-state index contributed by atoms with van der Waals surface area (Å²) in [6.45, 7) is 11.5. The number of hydrogen-bond donors (Lipinski definition) is 2. The number of nitrogens with zero attached hydrogens (tertiary/aromatic N) is 1. The Morgan fingerprint density at radius 3 is 2.76 bits per heavy atom. The maximum Gasteiger partial charge on any atom is 0.247 e. The maximum absolute atomic E-state index is 13.2. The van der Waals surface area contributed by atoms with Crippen LogP contribution < -0.4 is 10.6 Å². The normalized spacial score (nSPS) is 19.3. The van der Waals surface area contributed by atoms with E-state index in [0.29, 0.717) is 28.5 Å². The standard InChI is InChI=1S/C29H31Cl2N3O4/c1-6-9-17(3)12-24(37-5)28(31)20(15-30)23-14-22(35)19-13-26(32-16-25(19)38-23)34-29-18(4)10-8-11-21(29)33-27(36)7-2/h7-8,10-14,16,19,25,34H,2-3,6,9,15H2,1,4-5H3,(H,33,36)/b24-12+,28-20-.